The van der Waals surface area contributed by atoms with Crippen LogP contribution in [0.1, 0.15) is 0 Å². The summed E-state index contributed by atoms with van der Waals surface area (Å²) < 4.78 is 319. The molecule has 0 aromatic carbocycles. The third-order valence-corrected chi connectivity index (χ3v) is 4.94. The van der Waals surface area contributed by atoms with Gasteiger partial charge in [-0.1, -0.05) is 0 Å². The molecule has 0 radical (unpaired) electrons. The lowest BCUT2D eigenvalue weighted by atomic mass is 9.80. The van der Waals surface area contributed by atoms with Crippen LogP contribution in [0.15, 0.2) is 0 Å². The Morgan fingerprint density at radius 3 is 0.714 bits per heavy atom. The van der Waals surface area contributed by atoms with Crippen LogP contribution in [-0.2, 0) is 9.59 Å². The van der Waals surface area contributed by atoms with Crippen LogP contribution in [0.25, 0.3) is 0 Å². The maximum absolute atomic E-state index is 13.9. The Morgan fingerprint density at radius 2 is 0.524 bits per heavy atom. The van der Waals surface area contributed by atoms with Gasteiger partial charge in [-0.25, -0.2) is 14.0 Å². The second-order valence-electron chi connectivity index (χ2n) is 7.51. The molecular weight excluding hydrogens is 688 g/mol. The van der Waals surface area contributed by atoms with Gasteiger partial charge in [-0.05, 0) is 0 Å². The molecule has 0 aromatic rings. The van der Waals surface area contributed by atoms with Crippen molar-refractivity contribution in [3.8, 4) is 0 Å². The van der Waals surface area contributed by atoms with Crippen LogP contribution in [-0.4, -0.2) is 93.2 Å². The van der Waals surface area contributed by atoms with Gasteiger partial charge in [0.25, 0.3) is 0 Å². The van der Waals surface area contributed by atoms with Crippen molar-refractivity contribution in [1.29, 1.82) is 0 Å². The minimum atomic E-state index is -9.72. The number of halogens is 24. The molecule has 1 unspecified atom stereocenters. The average molecular weight is 690 g/mol. The van der Waals surface area contributed by atoms with Gasteiger partial charge in [0.05, 0.1) is 0 Å². The number of alkyl halides is 24. The van der Waals surface area contributed by atoms with Gasteiger partial charge in [0.2, 0.25) is 0 Å². The van der Waals surface area contributed by atoms with E-state index in [4.69, 9.17) is 10.2 Å². The molecule has 0 bridgehead atoms. The summed E-state index contributed by atoms with van der Waals surface area (Å²) in [7, 11) is 0. The Bertz CT molecular complexity index is 1070. The third-order valence-electron chi connectivity index (χ3n) is 4.94. The van der Waals surface area contributed by atoms with Crippen LogP contribution in [0.3, 0.4) is 0 Å². The van der Waals surface area contributed by atoms with Crippen molar-refractivity contribution in [2.45, 2.75) is 71.1 Å². The van der Waals surface area contributed by atoms with Crippen molar-refractivity contribution in [2.24, 2.45) is 0 Å². The number of carbonyl (C=O) groups is 2. The van der Waals surface area contributed by atoms with E-state index >= 15 is 0 Å². The predicted octanol–water partition coefficient (Wildman–Crippen LogP) is 6.78. The molecule has 1 atom stereocenters. The van der Waals surface area contributed by atoms with E-state index < -0.39 is 83.0 Å². The fraction of sp³-hybridized carbons (Fsp3) is 0.857. The molecule has 0 rings (SSSR count). The number of aliphatic carboxylic acids is 2. The Balaban J connectivity index is 7.63. The van der Waals surface area contributed by atoms with E-state index in [0.717, 1.165) is 0 Å². The average Bonchev–Trinajstić information content (AvgIpc) is 2.75. The highest BCUT2D eigenvalue weighted by Gasteiger charge is 3.00. The molecule has 0 aliphatic carbocycles. The van der Waals surface area contributed by atoms with E-state index in [9.17, 15) is 115 Å². The lowest BCUT2D eigenvalue weighted by Crippen LogP contribution is -2.80. The fourth-order valence-electron chi connectivity index (χ4n) is 2.39. The molecule has 0 fully saturated rings. The van der Waals surface area contributed by atoms with Gasteiger partial charge < -0.3 is 10.2 Å². The highest BCUT2D eigenvalue weighted by atomic mass is 19.4. The summed E-state index contributed by atoms with van der Waals surface area (Å²) in [6.45, 7) is 0. The Morgan fingerprint density at radius 1 is 0.310 bits per heavy atom. The quantitative estimate of drug-likeness (QED) is 0.222. The summed E-state index contributed by atoms with van der Waals surface area (Å²) in [6, 6.07) is 0. The van der Waals surface area contributed by atoms with E-state index in [1.165, 1.54) is 0 Å². The normalized spacial score (nSPS) is 17.6. The highest BCUT2D eigenvalue weighted by Crippen LogP contribution is 2.67. The number of hydrogen-bond donors (Lipinski definition) is 2. The molecule has 4 nitrogen and oxygen atoms in total. The van der Waals surface area contributed by atoms with E-state index in [-0.39, 0.29) is 0 Å². The molecular formula is C14H2F24O4. The van der Waals surface area contributed by atoms with Crippen LogP contribution in [0.4, 0.5) is 105 Å². The molecule has 0 amide bonds. The standard InChI is InChI=1S/C14H2F24O4/c15-3(1(39)40,6(20,21)14(36,37)38)5(18,19)8(24,25)10(28,29)12(32,33)13(34,35)11(30,31)9(26,27)7(22,23)4(16,17)2(41)42/h(H,39,40)(H,41,42). The molecule has 2 N–H and O–H groups in total. The van der Waals surface area contributed by atoms with Crippen LogP contribution in [0.5, 0.6) is 0 Å². The van der Waals surface area contributed by atoms with Crippen molar-refractivity contribution in [2.75, 3.05) is 0 Å². The van der Waals surface area contributed by atoms with Crippen molar-refractivity contribution in [3.63, 3.8) is 0 Å². The molecule has 0 aliphatic heterocycles. The Kier molecular flexibility index (Phi) is 8.77. The zero-order valence-corrected chi connectivity index (χ0v) is 17.8. The second kappa shape index (κ2) is 9.38. The molecule has 42 heavy (non-hydrogen) atoms. The smallest absolute Gasteiger partial charge is 0.457 e. The first kappa shape index (κ1) is 39.3. The van der Waals surface area contributed by atoms with Gasteiger partial charge in [0, 0.05) is 0 Å². The van der Waals surface area contributed by atoms with Crippen molar-refractivity contribution in [1.82, 2.24) is 0 Å². The first-order chi connectivity index (χ1) is 17.6. The lowest BCUT2D eigenvalue weighted by Gasteiger charge is -2.46. The van der Waals surface area contributed by atoms with Crippen LogP contribution < -0.4 is 0 Å². The summed E-state index contributed by atoms with van der Waals surface area (Å²) in [4.78, 5) is 20.3. The van der Waals surface area contributed by atoms with Gasteiger partial charge in [-0.15, -0.1) is 0 Å². The van der Waals surface area contributed by atoms with Crippen molar-refractivity contribution >= 4 is 11.9 Å². The molecule has 250 valence electrons. The topological polar surface area (TPSA) is 74.6 Å². The molecule has 0 saturated carbocycles. The van der Waals surface area contributed by atoms with E-state index in [1.54, 1.807) is 0 Å². The Hall–Kier alpha value is -2.74. The van der Waals surface area contributed by atoms with Gasteiger partial charge in [0.1, 0.15) is 0 Å². The minimum absolute atomic E-state index is 4.69. The van der Waals surface area contributed by atoms with Crippen LogP contribution >= 0.6 is 0 Å². The molecule has 0 saturated heterocycles. The maximum Gasteiger partial charge on any atom is 0.457 e. The predicted molar refractivity (Wildman–Crippen MR) is 74.6 cm³/mol. The molecule has 0 heterocycles. The summed E-state index contributed by atoms with van der Waals surface area (Å²) >= 11 is 0. The maximum atomic E-state index is 13.9. The van der Waals surface area contributed by atoms with E-state index in [0.29, 0.717) is 0 Å². The summed E-state index contributed by atoms with van der Waals surface area (Å²) in [5.74, 6) is -102. The van der Waals surface area contributed by atoms with Gasteiger partial charge in [-0.3, -0.25) is 0 Å². The lowest BCUT2D eigenvalue weighted by molar-refractivity contribution is -0.469. The molecule has 28 heteroatoms. The van der Waals surface area contributed by atoms with Crippen molar-refractivity contribution in [3.05, 3.63) is 0 Å². The fourth-order valence-corrected chi connectivity index (χ4v) is 2.39. The molecule has 0 aromatic heterocycles. The number of carboxylic acid groups (broad SMARTS) is 2. The summed E-state index contributed by atoms with van der Waals surface area (Å²) in [5, 5.41) is 15.6. The molecule has 0 aliphatic rings. The number of hydrogen-bond acceptors (Lipinski definition) is 2. The number of rotatable bonds is 12. The SMILES string of the molecule is O=C(O)C(F)(F)C(F)(F)C(F)(F)C(F)(F)C(F)(F)C(F)(F)C(F)(F)C(F)(F)C(F)(F)C(F)(C(=O)O)C(F)(F)C(F)(F)F. The largest absolute Gasteiger partial charge is 0.479 e. The van der Waals surface area contributed by atoms with Crippen LogP contribution in [0.2, 0.25) is 0 Å². The van der Waals surface area contributed by atoms with Gasteiger partial charge >= 0.3 is 83.0 Å². The van der Waals surface area contributed by atoms with Crippen molar-refractivity contribution < 1.29 is 125 Å². The number of carboxylic acids is 2. The monoisotopic (exact) mass is 690 g/mol. The van der Waals surface area contributed by atoms with Gasteiger partial charge in [0.15, 0.2) is 0 Å². The second-order valence-corrected chi connectivity index (χ2v) is 7.51. The third kappa shape index (κ3) is 4.18. The zero-order valence-electron chi connectivity index (χ0n) is 17.8. The highest BCUT2D eigenvalue weighted by molar-refractivity contribution is 5.81. The summed E-state index contributed by atoms with van der Waals surface area (Å²) in [5.41, 5.74) is -8.71. The molecule has 0 spiro atoms. The first-order valence-electron chi connectivity index (χ1n) is 8.64. The van der Waals surface area contributed by atoms with E-state index in [2.05, 4.69) is 0 Å². The minimum Gasteiger partial charge on any atom is -0.479 e. The zero-order chi connectivity index (χ0) is 35.2. The van der Waals surface area contributed by atoms with Crippen LogP contribution in [0, 0.1) is 0 Å². The first-order valence-corrected chi connectivity index (χ1v) is 8.64. The Labute approximate surface area is 209 Å². The van der Waals surface area contributed by atoms with Gasteiger partial charge in [-0.2, -0.15) is 101 Å². The summed E-state index contributed by atoms with van der Waals surface area (Å²) in [6.07, 6.45) is -8.22. The van der Waals surface area contributed by atoms with E-state index in [1.807, 2.05) is 0 Å².